The minimum Gasteiger partial charge on any atom is -0.354 e. The van der Waals surface area contributed by atoms with Gasteiger partial charge in [-0.3, -0.25) is 9.59 Å². The van der Waals surface area contributed by atoms with Gasteiger partial charge in [0, 0.05) is 19.5 Å². The summed E-state index contributed by atoms with van der Waals surface area (Å²) in [6.07, 6.45) is 3.22. The van der Waals surface area contributed by atoms with Crippen LogP contribution < -0.4 is 10.6 Å². The normalized spacial score (nSPS) is 22.7. The predicted octanol–water partition coefficient (Wildman–Crippen LogP) is 2.52. The van der Waals surface area contributed by atoms with Crippen LogP contribution in [0.15, 0.2) is 30.3 Å². The number of halogens is 1. The van der Waals surface area contributed by atoms with Gasteiger partial charge in [0.2, 0.25) is 11.8 Å². The van der Waals surface area contributed by atoms with E-state index in [1.54, 1.807) is 0 Å². The fourth-order valence-electron chi connectivity index (χ4n) is 4.07. The zero-order chi connectivity index (χ0) is 17.6. The van der Waals surface area contributed by atoms with E-state index in [4.69, 9.17) is 0 Å². The number of rotatable bonds is 4. The molecule has 1 aromatic rings. The number of nitrogens with one attached hydrogen (secondary N) is 2. The number of hydrogen-bond donors (Lipinski definition) is 2. The molecule has 0 spiro atoms. The molecule has 2 aliphatic rings. The Morgan fingerprint density at radius 1 is 1.19 bits per heavy atom. The van der Waals surface area contributed by atoms with Crippen molar-refractivity contribution >= 4 is 24.2 Å². The molecule has 144 valence electrons. The van der Waals surface area contributed by atoms with Crippen molar-refractivity contribution in [3.63, 3.8) is 0 Å². The van der Waals surface area contributed by atoms with Crippen molar-refractivity contribution in [2.75, 3.05) is 26.2 Å². The van der Waals surface area contributed by atoms with E-state index in [9.17, 15) is 9.59 Å². The SMILES string of the molecule is CC(CC(=O)N1CCNC(=O)CC1c1ccccc1)C1CCNCC1.Cl. The Balaban J connectivity index is 0.00000243. The molecular weight excluding hydrogens is 350 g/mol. The molecule has 0 aromatic heterocycles. The van der Waals surface area contributed by atoms with E-state index in [1.807, 2.05) is 35.2 Å². The minimum absolute atomic E-state index is 0. The van der Waals surface area contributed by atoms with Crippen LogP contribution in [0.25, 0.3) is 0 Å². The number of nitrogens with zero attached hydrogens (tertiary/aromatic N) is 1. The highest BCUT2D eigenvalue weighted by molar-refractivity contribution is 5.85. The van der Waals surface area contributed by atoms with Crippen molar-refractivity contribution in [3.05, 3.63) is 35.9 Å². The largest absolute Gasteiger partial charge is 0.354 e. The molecule has 0 aliphatic carbocycles. The molecule has 2 amide bonds. The van der Waals surface area contributed by atoms with Crippen LogP contribution in [0.3, 0.4) is 0 Å². The summed E-state index contributed by atoms with van der Waals surface area (Å²) in [5.41, 5.74) is 1.04. The first kappa shape index (κ1) is 20.7. The summed E-state index contributed by atoms with van der Waals surface area (Å²) in [5, 5.41) is 6.29. The average Bonchev–Trinajstić information content (AvgIpc) is 2.84. The molecule has 2 aliphatic heterocycles. The lowest BCUT2D eigenvalue weighted by molar-refractivity contribution is -0.135. The molecule has 1 aromatic carbocycles. The van der Waals surface area contributed by atoms with Gasteiger partial charge < -0.3 is 15.5 Å². The van der Waals surface area contributed by atoms with Gasteiger partial charge >= 0.3 is 0 Å². The number of benzene rings is 1. The molecule has 5 nitrogen and oxygen atoms in total. The summed E-state index contributed by atoms with van der Waals surface area (Å²) in [5.74, 6) is 1.21. The minimum atomic E-state index is -0.156. The van der Waals surface area contributed by atoms with Crippen LogP contribution in [0, 0.1) is 11.8 Å². The lowest BCUT2D eigenvalue weighted by Gasteiger charge is -2.33. The summed E-state index contributed by atoms with van der Waals surface area (Å²) >= 11 is 0. The highest BCUT2D eigenvalue weighted by atomic mass is 35.5. The number of carbonyl (C=O) groups is 2. The second-order valence-corrected chi connectivity index (χ2v) is 7.34. The zero-order valence-corrected chi connectivity index (χ0v) is 16.3. The molecule has 0 saturated carbocycles. The zero-order valence-electron chi connectivity index (χ0n) is 15.4. The van der Waals surface area contributed by atoms with Crippen LogP contribution in [-0.2, 0) is 9.59 Å². The molecule has 0 radical (unpaired) electrons. The van der Waals surface area contributed by atoms with Crippen molar-refractivity contribution in [1.82, 2.24) is 15.5 Å². The fraction of sp³-hybridized carbons (Fsp3) is 0.600. The average molecular weight is 380 g/mol. The van der Waals surface area contributed by atoms with Crippen molar-refractivity contribution in [2.45, 2.75) is 38.6 Å². The Labute approximate surface area is 162 Å². The van der Waals surface area contributed by atoms with Gasteiger partial charge in [-0.15, -0.1) is 12.4 Å². The van der Waals surface area contributed by atoms with Crippen LogP contribution >= 0.6 is 12.4 Å². The maximum atomic E-state index is 13.1. The van der Waals surface area contributed by atoms with E-state index in [1.165, 1.54) is 0 Å². The molecule has 2 heterocycles. The third-order valence-corrected chi connectivity index (χ3v) is 5.62. The van der Waals surface area contributed by atoms with Gasteiger partial charge in [0.25, 0.3) is 0 Å². The van der Waals surface area contributed by atoms with E-state index < -0.39 is 0 Å². The van der Waals surface area contributed by atoms with Gasteiger partial charge in [-0.05, 0) is 43.3 Å². The number of hydrogen-bond acceptors (Lipinski definition) is 3. The van der Waals surface area contributed by atoms with E-state index in [0.29, 0.717) is 37.8 Å². The monoisotopic (exact) mass is 379 g/mol. The molecule has 0 bridgehead atoms. The second kappa shape index (κ2) is 9.93. The van der Waals surface area contributed by atoms with E-state index in [0.717, 1.165) is 31.5 Å². The maximum Gasteiger partial charge on any atom is 0.223 e. The van der Waals surface area contributed by atoms with Crippen molar-refractivity contribution in [3.8, 4) is 0 Å². The summed E-state index contributed by atoms with van der Waals surface area (Å²) in [6.45, 7) is 5.43. The number of amides is 2. The first-order valence-electron chi connectivity index (χ1n) is 9.47. The topological polar surface area (TPSA) is 61.4 Å². The Kier molecular flexibility index (Phi) is 7.91. The van der Waals surface area contributed by atoms with Gasteiger partial charge in [-0.2, -0.15) is 0 Å². The molecule has 2 N–H and O–H groups in total. The van der Waals surface area contributed by atoms with E-state index in [2.05, 4.69) is 17.6 Å². The standard InChI is InChI=1S/C20H29N3O2.ClH/c1-15(16-7-9-21-10-8-16)13-20(25)23-12-11-22-19(24)14-18(23)17-5-3-2-4-6-17;/h2-6,15-16,18,21H,7-14H2,1H3,(H,22,24);1H. The Bertz CT molecular complexity index is 590. The first-order chi connectivity index (χ1) is 12.1. The Hall–Kier alpha value is -1.59. The van der Waals surface area contributed by atoms with Gasteiger partial charge in [-0.25, -0.2) is 0 Å². The van der Waals surface area contributed by atoms with E-state index >= 15 is 0 Å². The van der Waals surface area contributed by atoms with Gasteiger partial charge in [-0.1, -0.05) is 37.3 Å². The molecule has 3 rings (SSSR count). The quantitative estimate of drug-likeness (QED) is 0.845. The molecule has 2 atom stereocenters. The lowest BCUT2D eigenvalue weighted by atomic mass is 9.83. The van der Waals surface area contributed by atoms with Gasteiger partial charge in [0.15, 0.2) is 0 Å². The van der Waals surface area contributed by atoms with Crippen LogP contribution in [-0.4, -0.2) is 42.9 Å². The first-order valence-corrected chi connectivity index (χ1v) is 9.47. The molecular formula is C20H30ClN3O2. The molecule has 2 unspecified atom stereocenters. The van der Waals surface area contributed by atoms with Crippen molar-refractivity contribution in [1.29, 1.82) is 0 Å². The van der Waals surface area contributed by atoms with Gasteiger partial charge in [0.1, 0.15) is 0 Å². The van der Waals surface area contributed by atoms with Crippen LogP contribution in [0.2, 0.25) is 0 Å². The Morgan fingerprint density at radius 2 is 1.88 bits per heavy atom. The second-order valence-electron chi connectivity index (χ2n) is 7.34. The molecule has 6 heteroatoms. The number of piperidine rings is 1. The molecule has 2 saturated heterocycles. The lowest BCUT2D eigenvalue weighted by Crippen LogP contribution is -2.39. The number of carbonyl (C=O) groups excluding carboxylic acids is 2. The third-order valence-electron chi connectivity index (χ3n) is 5.62. The molecule has 2 fully saturated rings. The fourth-order valence-corrected chi connectivity index (χ4v) is 4.07. The Morgan fingerprint density at radius 3 is 2.58 bits per heavy atom. The maximum absolute atomic E-state index is 13.1. The third kappa shape index (κ3) is 5.21. The predicted molar refractivity (Wildman–Crippen MR) is 105 cm³/mol. The van der Waals surface area contributed by atoms with E-state index in [-0.39, 0.29) is 30.3 Å². The summed E-state index contributed by atoms with van der Waals surface area (Å²) in [6, 6.07) is 9.78. The van der Waals surface area contributed by atoms with Crippen molar-refractivity contribution < 1.29 is 9.59 Å². The van der Waals surface area contributed by atoms with Crippen LogP contribution in [0.1, 0.15) is 44.2 Å². The highest BCUT2D eigenvalue weighted by Crippen LogP contribution is 2.29. The molecule has 26 heavy (non-hydrogen) atoms. The summed E-state index contributed by atoms with van der Waals surface area (Å²) < 4.78 is 0. The van der Waals surface area contributed by atoms with Crippen molar-refractivity contribution in [2.24, 2.45) is 11.8 Å². The van der Waals surface area contributed by atoms with Gasteiger partial charge in [0.05, 0.1) is 12.5 Å². The van der Waals surface area contributed by atoms with Crippen LogP contribution in [0.5, 0.6) is 0 Å². The summed E-state index contributed by atoms with van der Waals surface area (Å²) in [4.78, 5) is 27.0. The summed E-state index contributed by atoms with van der Waals surface area (Å²) in [7, 11) is 0. The smallest absolute Gasteiger partial charge is 0.223 e. The van der Waals surface area contributed by atoms with Crippen LogP contribution in [0.4, 0.5) is 0 Å². The highest BCUT2D eigenvalue weighted by Gasteiger charge is 2.31.